The average Bonchev–Trinajstić information content (AvgIpc) is 2.79. The number of hydrogen-bond acceptors (Lipinski definition) is 6. The molecule has 0 aliphatic rings. The molecule has 0 aliphatic carbocycles. The molecule has 1 aromatic carbocycles. The van der Waals surface area contributed by atoms with E-state index in [1.54, 1.807) is 6.07 Å². The van der Waals surface area contributed by atoms with Gasteiger partial charge in [-0.25, -0.2) is 4.98 Å². The summed E-state index contributed by atoms with van der Waals surface area (Å²) in [6, 6.07) is 4.50. The lowest BCUT2D eigenvalue weighted by molar-refractivity contribution is 0.0978. The van der Waals surface area contributed by atoms with Gasteiger partial charge in [0.2, 0.25) is 5.78 Å². The van der Waals surface area contributed by atoms with Crippen LogP contribution in [0.4, 0.5) is 5.13 Å². The van der Waals surface area contributed by atoms with E-state index in [1.807, 2.05) is 20.8 Å². The van der Waals surface area contributed by atoms with Crippen LogP contribution in [0.5, 0.6) is 5.75 Å². The molecule has 22 heavy (non-hydrogen) atoms. The van der Waals surface area contributed by atoms with Gasteiger partial charge in [-0.2, -0.15) is 0 Å². The highest BCUT2D eigenvalue weighted by molar-refractivity contribution is 7.17. The Balaban J connectivity index is 2.63. The van der Waals surface area contributed by atoms with E-state index < -0.39 is 5.91 Å². The standard InChI is InChI=1S/C15H17N3O3S/c1-15(2,3)9-6-7(19)4-5-8(9)11(20)12-10(13(16)21)18-14(17)22-12/h4-6,19H,1-3H3,(H2,16,21)(H2,17,18). The zero-order valence-electron chi connectivity index (χ0n) is 12.5. The van der Waals surface area contributed by atoms with Crippen LogP contribution in [0.1, 0.15) is 52.1 Å². The Hall–Kier alpha value is -2.41. The van der Waals surface area contributed by atoms with Gasteiger partial charge in [0.1, 0.15) is 10.6 Å². The summed E-state index contributed by atoms with van der Waals surface area (Å²) in [6.45, 7) is 5.78. The normalized spacial score (nSPS) is 11.4. The number of ketones is 1. The molecule has 1 amide bonds. The number of phenols is 1. The first-order valence-electron chi connectivity index (χ1n) is 6.55. The first-order chi connectivity index (χ1) is 10.1. The molecule has 0 aliphatic heterocycles. The van der Waals surface area contributed by atoms with Crippen molar-refractivity contribution in [3.63, 3.8) is 0 Å². The van der Waals surface area contributed by atoms with E-state index in [4.69, 9.17) is 11.5 Å². The van der Waals surface area contributed by atoms with Crippen LogP contribution in [0.25, 0.3) is 0 Å². The summed E-state index contributed by atoms with van der Waals surface area (Å²) in [6.07, 6.45) is 0. The van der Waals surface area contributed by atoms with Crippen LogP contribution in [0.3, 0.4) is 0 Å². The number of aromatic nitrogens is 1. The predicted molar refractivity (Wildman–Crippen MR) is 85.3 cm³/mol. The number of amides is 1. The number of aromatic hydroxyl groups is 1. The Bertz CT molecular complexity index is 760. The van der Waals surface area contributed by atoms with Crippen molar-refractivity contribution >= 4 is 28.2 Å². The molecule has 7 heteroatoms. The maximum atomic E-state index is 12.8. The van der Waals surface area contributed by atoms with Gasteiger partial charge in [-0.1, -0.05) is 32.1 Å². The predicted octanol–water partition coefficient (Wildman–Crippen LogP) is 2.06. The zero-order chi connectivity index (χ0) is 16.7. The Morgan fingerprint density at radius 1 is 1.27 bits per heavy atom. The molecule has 0 fully saturated rings. The van der Waals surface area contributed by atoms with Gasteiger partial charge in [-0.3, -0.25) is 9.59 Å². The Morgan fingerprint density at radius 2 is 1.91 bits per heavy atom. The van der Waals surface area contributed by atoms with Gasteiger partial charge in [-0.15, -0.1) is 0 Å². The lowest BCUT2D eigenvalue weighted by atomic mass is 9.82. The van der Waals surface area contributed by atoms with E-state index in [-0.39, 0.29) is 32.7 Å². The third kappa shape index (κ3) is 2.94. The quantitative estimate of drug-likeness (QED) is 0.748. The molecule has 0 radical (unpaired) electrons. The van der Waals surface area contributed by atoms with E-state index in [2.05, 4.69) is 4.98 Å². The topological polar surface area (TPSA) is 119 Å². The zero-order valence-corrected chi connectivity index (χ0v) is 13.3. The lowest BCUT2D eigenvalue weighted by Crippen LogP contribution is -2.20. The molecule has 2 aromatic rings. The third-order valence-corrected chi connectivity index (χ3v) is 4.02. The Kier molecular flexibility index (Phi) is 3.93. The van der Waals surface area contributed by atoms with Crippen LogP contribution in [0.15, 0.2) is 18.2 Å². The van der Waals surface area contributed by atoms with Crippen LogP contribution in [-0.4, -0.2) is 21.8 Å². The number of carbonyl (C=O) groups excluding carboxylic acids is 2. The second-order valence-electron chi connectivity index (χ2n) is 5.90. The van der Waals surface area contributed by atoms with Crippen LogP contribution >= 0.6 is 11.3 Å². The smallest absolute Gasteiger partial charge is 0.269 e. The molecular weight excluding hydrogens is 302 g/mol. The van der Waals surface area contributed by atoms with E-state index >= 15 is 0 Å². The number of phenolic OH excluding ortho intramolecular Hbond substituents is 1. The highest BCUT2D eigenvalue weighted by atomic mass is 32.1. The van der Waals surface area contributed by atoms with Crippen molar-refractivity contribution in [2.75, 3.05) is 5.73 Å². The lowest BCUT2D eigenvalue weighted by Gasteiger charge is -2.22. The molecule has 0 bridgehead atoms. The van der Waals surface area contributed by atoms with Gasteiger partial charge >= 0.3 is 0 Å². The molecule has 0 saturated carbocycles. The number of benzene rings is 1. The molecule has 0 unspecified atom stereocenters. The van der Waals surface area contributed by atoms with Gasteiger partial charge < -0.3 is 16.6 Å². The summed E-state index contributed by atoms with van der Waals surface area (Å²) in [5.74, 6) is -1.11. The van der Waals surface area contributed by atoms with Crippen LogP contribution in [-0.2, 0) is 5.41 Å². The van der Waals surface area contributed by atoms with E-state index in [9.17, 15) is 14.7 Å². The fourth-order valence-corrected chi connectivity index (χ4v) is 2.92. The minimum atomic E-state index is -0.799. The Morgan fingerprint density at radius 3 is 2.45 bits per heavy atom. The monoisotopic (exact) mass is 319 g/mol. The molecule has 0 spiro atoms. The summed E-state index contributed by atoms with van der Waals surface area (Å²) in [5.41, 5.74) is 11.4. The first kappa shape index (κ1) is 16.0. The van der Waals surface area contributed by atoms with Crippen molar-refractivity contribution in [2.45, 2.75) is 26.2 Å². The molecule has 6 nitrogen and oxygen atoms in total. The van der Waals surface area contributed by atoms with Gasteiger partial charge in [0.05, 0.1) is 0 Å². The fraction of sp³-hybridized carbons (Fsp3) is 0.267. The number of anilines is 1. The SMILES string of the molecule is CC(C)(C)c1cc(O)ccc1C(=O)c1sc(N)nc1C(N)=O. The molecular formula is C15H17N3O3S. The maximum absolute atomic E-state index is 12.8. The molecule has 0 atom stereocenters. The van der Waals surface area contributed by atoms with Crippen molar-refractivity contribution in [3.05, 3.63) is 39.9 Å². The molecule has 116 valence electrons. The minimum Gasteiger partial charge on any atom is -0.508 e. The molecule has 0 saturated heterocycles. The molecule has 2 rings (SSSR count). The molecule has 1 heterocycles. The summed E-state index contributed by atoms with van der Waals surface area (Å²) < 4.78 is 0. The number of primary amides is 1. The van der Waals surface area contributed by atoms with Gasteiger partial charge in [0.15, 0.2) is 10.8 Å². The number of nitrogen functional groups attached to an aromatic ring is 1. The second-order valence-corrected chi connectivity index (χ2v) is 6.93. The van der Waals surface area contributed by atoms with E-state index in [0.717, 1.165) is 11.3 Å². The summed E-state index contributed by atoms with van der Waals surface area (Å²) >= 11 is 0.923. The van der Waals surface area contributed by atoms with Crippen molar-refractivity contribution in [1.29, 1.82) is 0 Å². The Labute approximate surface area is 131 Å². The van der Waals surface area contributed by atoms with E-state index in [1.165, 1.54) is 12.1 Å². The highest BCUT2D eigenvalue weighted by Crippen LogP contribution is 2.32. The number of carbonyl (C=O) groups is 2. The molecule has 1 aromatic heterocycles. The van der Waals surface area contributed by atoms with Gasteiger partial charge in [-0.05, 0) is 29.2 Å². The maximum Gasteiger partial charge on any atom is 0.269 e. The van der Waals surface area contributed by atoms with E-state index in [0.29, 0.717) is 11.1 Å². The van der Waals surface area contributed by atoms with Crippen molar-refractivity contribution in [3.8, 4) is 5.75 Å². The fourth-order valence-electron chi connectivity index (χ4n) is 2.13. The number of thiazole rings is 1. The summed E-state index contributed by atoms with van der Waals surface area (Å²) in [4.78, 5) is 28.1. The van der Waals surface area contributed by atoms with Crippen LogP contribution in [0, 0.1) is 0 Å². The summed E-state index contributed by atoms with van der Waals surface area (Å²) in [7, 11) is 0. The largest absolute Gasteiger partial charge is 0.508 e. The average molecular weight is 319 g/mol. The first-order valence-corrected chi connectivity index (χ1v) is 7.37. The minimum absolute atomic E-state index is 0.0698. The number of nitrogens with zero attached hydrogens (tertiary/aromatic N) is 1. The van der Waals surface area contributed by atoms with Crippen LogP contribution in [0.2, 0.25) is 0 Å². The van der Waals surface area contributed by atoms with Crippen molar-refractivity contribution in [2.24, 2.45) is 5.73 Å². The van der Waals surface area contributed by atoms with Crippen molar-refractivity contribution < 1.29 is 14.7 Å². The van der Waals surface area contributed by atoms with Crippen LogP contribution < -0.4 is 11.5 Å². The third-order valence-electron chi connectivity index (χ3n) is 3.14. The van der Waals surface area contributed by atoms with Crippen molar-refractivity contribution in [1.82, 2.24) is 4.98 Å². The number of rotatable bonds is 3. The van der Waals surface area contributed by atoms with Gasteiger partial charge in [0.25, 0.3) is 5.91 Å². The highest BCUT2D eigenvalue weighted by Gasteiger charge is 2.27. The number of hydrogen-bond donors (Lipinski definition) is 3. The molecule has 5 N–H and O–H groups in total. The second kappa shape index (κ2) is 5.42. The summed E-state index contributed by atoms with van der Waals surface area (Å²) in [5, 5.41) is 9.79. The number of nitrogens with two attached hydrogens (primary N) is 2. The van der Waals surface area contributed by atoms with Gasteiger partial charge in [0, 0.05) is 5.56 Å².